The van der Waals surface area contributed by atoms with Gasteiger partial charge in [-0.2, -0.15) is 0 Å². The predicted molar refractivity (Wildman–Crippen MR) is 93.9 cm³/mol. The molecule has 2 rings (SSSR count). The maximum absolute atomic E-state index is 12.5. The molecule has 6 nitrogen and oxygen atoms in total. The number of hydrogen-bond donors (Lipinski definition) is 1. The van der Waals surface area contributed by atoms with E-state index in [1.165, 1.54) is 0 Å². The molecule has 1 aromatic carbocycles. The zero-order valence-corrected chi connectivity index (χ0v) is 14.9. The quantitative estimate of drug-likeness (QED) is 0.921. The molecule has 0 bridgehead atoms. The molecule has 1 heterocycles. The number of nitrogens with one attached hydrogen (secondary N) is 1. The van der Waals surface area contributed by atoms with E-state index in [1.807, 2.05) is 31.2 Å². The normalized spacial score (nSPS) is 16.6. The summed E-state index contributed by atoms with van der Waals surface area (Å²) in [6.45, 7) is 3.21. The maximum atomic E-state index is 12.5. The summed E-state index contributed by atoms with van der Waals surface area (Å²) < 4.78 is 5.31. The number of carbonyl (C=O) groups is 2. The van der Waals surface area contributed by atoms with Crippen molar-refractivity contribution in [2.75, 3.05) is 39.6 Å². The Labute approximate surface area is 143 Å². The van der Waals surface area contributed by atoms with Crippen LogP contribution in [0.1, 0.15) is 31.4 Å². The van der Waals surface area contributed by atoms with Crippen molar-refractivity contribution in [3.05, 3.63) is 29.8 Å². The number of anilines is 1. The molecule has 1 N–H and O–H groups in total. The van der Waals surface area contributed by atoms with Gasteiger partial charge in [0.1, 0.15) is 0 Å². The van der Waals surface area contributed by atoms with Crippen LogP contribution < -0.4 is 5.32 Å². The minimum Gasteiger partial charge on any atom is -0.377 e. The molecule has 1 atom stereocenters. The fourth-order valence-corrected chi connectivity index (χ4v) is 2.87. The van der Waals surface area contributed by atoms with Gasteiger partial charge >= 0.3 is 6.03 Å². The molecule has 0 aromatic heterocycles. The molecule has 3 amide bonds. The Bertz CT molecular complexity index is 581. The molecule has 0 saturated carbocycles. The summed E-state index contributed by atoms with van der Waals surface area (Å²) in [6, 6.07) is 7.73. The van der Waals surface area contributed by atoms with Crippen LogP contribution in [0.2, 0.25) is 0 Å². The number of hydrogen-bond acceptors (Lipinski definition) is 3. The van der Waals surface area contributed by atoms with E-state index in [0.29, 0.717) is 25.9 Å². The van der Waals surface area contributed by atoms with Gasteiger partial charge in [-0.05, 0) is 37.5 Å². The van der Waals surface area contributed by atoms with Crippen molar-refractivity contribution in [1.29, 1.82) is 0 Å². The average molecular weight is 333 g/mol. The van der Waals surface area contributed by atoms with Crippen LogP contribution in [0.4, 0.5) is 10.5 Å². The number of urea groups is 1. The molecule has 1 aromatic rings. The number of carbonyl (C=O) groups excluding carboxylic acids is 2. The van der Waals surface area contributed by atoms with Crippen molar-refractivity contribution in [2.45, 2.75) is 25.9 Å². The highest BCUT2D eigenvalue weighted by Crippen LogP contribution is 2.23. The molecule has 1 aliphatic rings. The molecular weight excluding hydrogens is 306 g/mol. The van der Waals surface area contributed by atoms with E-state index in [1.54, 1.807) is 31.0 Å². The lowest BCUT2D eigenvalue weighted by molar-refractivity contribution is -0.121. The predicted octanol–water partition coefficient (Wildman–Crippen LogP) is 2.73. The molecule has 0 spiro atoms. The summed E-state index contributed by atoms with van der Waals surface area (Å²) in [5, 5.41) is 2.99. The highest BCUT2D eigenvalue weighted by Gasteiger charge is 2.28. The van der Waals surface area contributed by atoms with E-state index in [4.69, 9.17) is 4.74 Å². The highest BCUT2D eigenvalue weighted by atomic mass is 16.5. The van der Waals surface area contributed by atoms with Crippen LogP contribution in [0, 0.1) is 5.92 Å². The monoisotopic (exact) mass is 333 g/mol. The number of rotatable bonds is 4. The molecule has 24 heavy (non-hydrogen) atoms. The van der Waals surface area contributed by atoms with E-state index in [0.717, 1.165) is 11.3 Å². The first-order chi connectivity index (χ1) is 11.4. The fraction of sp³-hybridized carbons (Fsp3) is 0.556. The third-order valence-corrected chi connectivity index (χ3v) is 4.50. The van der Waals surface area contributed by atoms with Gasteiger partial charge in [0, 0.05) is 45.9 Å². The Balaban J connectivity index is 1.91. The second kappa shape index (κ2) is 8.15. The van der Waals surface area contributed by atoms with Crippen molar-refractivity contribution in [3.8, 4) is 0 Å². The Morgan fingerprint density at radius 2 is 1.96 bits per heavy atom. The van der Waals surface area contributed by atoms with Crippen LogP contribution in [0.3, 0.4) is 0 Å². The van der Waals surface area contributed by atoms with Gasteiger partial charge in [-0.25, -0.2) is 4.79 Å². The second-order valence-electron chi connectivity index (χ2n) is 6.43. The van der Waals surface area contributed by atoms with Gasteiger partial charge in [0.2, 0.25) is 5.91 Å². The number of ether oxygens (including phenoxy) is 1. The van der Waals surface area contributed by atoms with Gasteiger partial charge in [0.15, 0.2) is 0 Å². The van der Waals surface area contributed by atoms with Crippen LogP contribution in [0.5, 0.6) is 0 Å². The van der Waals surface area contributed by atoms with Crippen molar-refractivity contribution >= 4 is 17.6 Å². The van der Waals surface area contributed by atoms with Crippen molar-refractivity contribution in [3.63, 3.8) is 0 Å². The minimum atomic E-state index is -0.0558. The molecule has 6 heteroatoms. The first-order valence-electron chi connectivity index (χ1n) is 8.32. The molecular formula is C18H27N3O3. The van der Waals surface area contributed by atoms with Crippen LogP contribution in [-0.2, 0) is 9.53 Å². The van der Waals surface area contributed by atoms with E-state index in [2.05, 4.69) is 5.32 Å². The summed E-state index contributed by atoms with van der Waals surface area (Å²) in [6.07, 6.45) is 1.38. The van der Waals surface area contributed by atoms with Crippen molar-refractivity contribution in [1.82, 2.24) is 9.80 Å². The number of amides is 3. The molecule has 1 fully saturated rings. The molecule has 132 valence electrons. The van der Waals surface area contributed by atoms with Gasteiger partial charge in [0.05, 0.1) is 6.10 Å². The van der Waals surface area contributed by atoms with Crippen LogP contribution in [0.25, 0.3) is 0 Å². The average Bonchev–Trinajstić information content (AvgIpc) is 2.60. The first kappa shape index (κ1) is 18.3. The third-order valence-electron chi connectivity index (χ3n) is 4.50. The van der Waals surface area contributed by atoms with E-state index >= 15 is 0 Å². The summed E-state index contributed by atoms with van der Waals surface area (Å²) in [5.41, 5.74) is 1.81. The number of nitrogens with zero attached hydrogens (tertiary/aromatic N) is 2. The first-order valence-corrected chi connectivity index (χ1v) is 8.32. The number of methoxy groups -OCH3 is 1. The zero-order chi connectivity index (χ0) is 17.7. The van der Waals surface area contributed by atoms with Gasteiger partial charge in [-0.15, -0.1) is 0 Å². The SMILES string of the molecule is CO[C@H](C)c1cccc(NC(=O)C2CCN(C(=O)N(C)C)CC2)c1. The maximum Gasteiger partial charge on any atom is 0.319 e. The number of piperidine rings is 1. The third kappa shape index (κ3) is 4.47. The summed E-state index contributed by atoms with van der Waals surface area (Å²) in [7, 11) is 5.16. The Kier molecular flexibility index (Phi) is 6.20. The van der Waals surface area contributed by atoms with Gasteiger partial charge < -0.3 is 19.9 Å². The fourth-order valence-electron chi connectivity index (χ4n) is 2.87. The molecule has 0 aliphatic carbocycles. The Hall–Kier alpha value is -2.08. The smallest absolute Gasteiger partial charge is 0.319 e. The second-order valence-corrected chi connectivity index (χ2v) is 6.43. The lowest BCUT2D eigenvalue weighted by atomic mass is 9.96. The topological polar surface area (TPSA) is 61.9 Å². The Morgan fingerprint density at radius 1 is 1.29 bits per heavy atom. The van der Waals surface area contributed by atoms with E-state index < -0.39 is 0 Å². The molecule has 1 saturated heterocycles. The van der Waals surface area contributed by atoms with Crippen molar-refractivity contribution in [2.24, 2.45) is 5.92 Å². The van der Waals surface area contributed by atoms with Gasteiger partial charge in [-0.1, -0.05) is 12.1 Å². The van der Waals surface area contributed by atoms with Crippen molar-refractivity contribution < 1.29 is 14.3 Å². The zero-order valence-electron chi connectivity index (χ0n) is 14.9. The van der Waals surface area contributed by atoms with Gasteiger partial charge in [0.25, 0.3) is 0 Å². The molecule has 1 aliphatic heterocycles. The largest absolute Gasteiger partial charge is 0.377 e. The van der Waals surface area contributed by atoms with Crippen LogP contribution in [0.15, 0.2) is 24.3 Å². The highest BCUT2D eigenvalue weighted by molar-refractivity contribution is 5.92. The minimum absolute atomic E-state index is 0.00936. The van der Waals surface area contributed by atoms with Gasteiger partial charge in [-0.3, -0.25) is 4.79 Å². The summed E-state index contributed by atoms with van der Waals surface area (Å²) >= 11 is 0. The lowest BCUT2D eigenvalue weighted by Crippen LogP contribution is -2.45. The summed E-state index contributed by atoms with van der Waals surface area (Å²) in [4.78, 5) is 27.8. The van der Waals surface area contributed by atoms with Crippen LogP contribution in [-0.4, -0.2) is 56.0 Å². The van der Waals surface area contributed by atoms with Crippen LogP contribution >= 0.6 is 0 Å². The Morgan fingerprint density at radius 3 is 2.54 bits per heavy atom. The standard InChI is InChI=1S/C18H27N3O3/c1-13(24-4)15-6-5-7-16(12-15)19-17(22)14-8-10-21(11-9-14)18(23)20(2)3/h5-7,12-14H,8-11H2,1-4H3,(H,19,22)/t13-/m1/s1. The molecule has 0 unspecified atom stereocenters. The lowest BCUT2D eigenvalue weighted by Gasteiger charge is -2.33. The molecule has 0 radical (unpaired) electrons. The van der Waals surface area contributed by atoms with E-state index in [9.17, 15) is 9.59 Å². The number of likely N-dealkylation sites (tertiary alicyclic amines) is 1. The van der Waals surface area contributed by atoms with E-state index in [-0.39, 0.29) is 24.0 Å². The summed E-state index contributed by atoms with van der Waals surface area (Å²) in [5.74, 6) is -0.0334. The number of benzene rings is 1.